The SMILES string of the molecule is O=C(O)c1cn[nH]c1-c1cc2cccc(F)c2o1. The van der Waals surface area contributed by atoms with E-state index in [9.17, 15) is 9.18 Å². The van der Waals surface area contributed by atoms with Crippen LogP contribution < -0.4 is 0 Å². The van der Waals surface area contributed by atoms with Crippen molar-refractivity contribution < 1.29 is 18.7 Å². The molecule has 0 aliphatic carbocycles. The molecule has 0 saturated carbocycles. The smallest absolute Gasteiger partial charge is 0.339 e. The van der Waals surface area contributed by atoms with Crippen LogP contribution in [-0.2, 0) is 0 Å². The Morgan fingerprint density at radius 2 is 2.28 bits per heavy atom. The number of fused-ring (bicyclic) bond motifs is 1. The summed E-state index contributed by atoms with van der Waals surface area (Å²) >= 11 is 0. The number of rotatable bonds is 2. The number of hydrogen-bond donors (Lipinski definition) is 2. The number of para-hydroxylation sites is 1. The number of hydrogen-bond acceptors (Lipinski definition) is 3. The van der Waals surface area contributed by atoms with Gasteiger partial charge in [0.1, 0.15) is 11.3 Å². The van der Waals surface area contributed by atoms with Gasteiger partial charge in [0.15, 0.2) is 17.2 Å². The number of aromatic carboxylic acids is 1. The minimum atomic E-state index is -1.13. The molecule has 2 N–H and O–H groups in total. The van der Waals surface area contributed by atoms with Gasteiger partial charge < -0.3 is 9.52 Å². The fourth-order valence-corrected chi connectivity index (χ4v) is 1.79. The molecule has 0 unspecified atom stereocenters. The van der Waals surface area contributed by atoms with Crippen LogP contribution in [0.2, 0.25) is 0 Å². The van der Waals surface area contributed by atoms with Crippen LogP contribution in [-0.4, -0.2) is 21.3 Å². The molecular formula is C12H7FN2O3. The summed E-state index contributed by atoms with van der Waals surface area (Å²) in [7, 11) is 0. The second-order valence-electron chi connectivity index (χ2n) is 3.73. The number of H-pyrrole nitrogens is 1. The zero-order valence-electron chi connectivity index (χ0n) is 8.98. The van der Waals surface area contributed by atoms with Gasteiger partial charge in [-0.3, -0.25) is 5.10 Å². The van der Waals surface area contributed by atoms with E-state index in [0.29, 0.717) is 5.39 Å². The summed E-state index contributed by atoms with van der Waals surface area (Å²) in [6.45, 7) is 0. The average Bonchev–Trinajstić information content (AvgIpc) is 2.95. The van der Waals surface area contributed by atoms with Gasteiger partial charge in [0.2, 0.25) is 0 Å². The van der Waals surface area contributed by atoms with E-state index in [-0.39, 0.29) is 22.6 Å². The molecule has 0 aliphatic rings. The monoisotopic (exact) mass is 246 g/mol. The lowest BCUT2D eigenvalue weighted by atomic mass is 10.2. The first kappa shape index (κ1) is 10.5. The van der Waals surface area contributed by atoms with Crippen molar-refractivity contribution in [1.29, 1.82) is 0 Å². The second-order valence-corrected chi connectivity index (χ2v) is 3.73. The van der Waals surface area contributed by atoms with Crippen molar-refractivity contribution in [2.45, 2.75) is 0 Å². The summed E-state index contributed by atoms with van der Waals surface area (Å²) in [5.41, 5.74) is 0.297. The molecule has 1 aromatic carbocycles. The minimum Gasteiger partial charge on any atom is -0.478 e. The van der Waals surface area contributed by atoms with Crippen molar-refractivity contribution in [2.75, 3.05) is 0 Å². The van der Waals surface area contributed by atoms with E-state index < -0.39 is 11.8 Å². The van der Waals surface area contributed by atoms with Crippen molar-refractivity contribution in [3.8, 4) is 11.5 Å². The molecule has 0 spiro atoms. The van der Waals surface area contributed by atoms with E-state index in [4.69, 9.17) is 9.52 Å². The van der Waals surface area contributed by atoms with Crippen molar-refractivity contribution in [3.05, 3.63) is 41.8 Å². The van der Waals surface area contributed by atoms with Crippen LogP contribution in [0.15, 0.2) is 34.9 Å². The van der Waals surface area contributed by atoms with E-state index in [0.717, 1.165) is 0 Å². The van der Waals surface area contributed by atoms with Gasteiger partial charge in [0, 0.05) is 5.39 Å². The zero-order valence-corrected chi connectivity index (χ0v) is 8.98. The molecule has 0 aliphatic heterocycles. The van der Waals surface area contributed by atoms with Crippen LogP contribution in [0.1, 0.15) is 10.4 Å². The van der Waals surface area contributed by atoms with Crippen LogP contribution in [0.4, 0.5) is 4.39 Å². The van der Waals surface area contributed by atoms with Gasteiger partial charge in [0.25, 0.3) is 0 Å². The third-order valence-electron chi connectivity index (χ3n) is 2.61. The van der Waals surface area contributed by atoms with Crippen LogP contribution in [0.25, 0.3) is 22.4 Å². The van der Waals surface area contributed by atoms with E-state index in [2.05, 4.69) is 10.2 Å². The maximum atomic E-state index is 13.5. The predicted molar refractivity (Wildman–Crippen MR) is 60.7 cm³/mol. The number of carbonyl (C=O) groups is 1. The van der Waals surface area contributed by atoms with Crippen molar-refractivity contribution in [1.82, 2.24) is 10.2 Å². The van der Waals surface area contributed by atoms with Gasteiger partial charge >= 0.3 is 5.97 Å². The maximum Gasteiger partial charge on any atom is 0.339 e. The van der Waals surface area contributed by atoms with E-state index in [1.165, 1.54) is 12.3 Å². The summed E-state index contributed by atoms with van der Waals surface area (Å²) in [4.78, 5) is 11.0. The molecule has 0 radical (unpaired) electrons. The molecular weight excluding hydrogens is 239 g/mol. The maximum absolute atomic E-state index is 13.5. The van der Waals surface area contributed by atoms with Crippen LogP contribution in [0, 0.1) is 5.82 Å². The quantitative estimate of drug-likeness (QED) is 0.728. The Hall–Kier alpha value is -2.63. The van der Waals surface area contributed by atoms with Crippen molar-refractivity contribution in [2.24, 2.45) is 0 Å². The summed E-state index contributed by atoms with van der Waals surface area (Å²) < 4.78 is 18.8. The molecule has 0 saturated heterocycles. The van der Waals surface area contributed by atoms with E-state index in [1.807, 2.05) is 0 Å². The molecule has 6 heteroatoms. The largest absolute Gasteiger partial charge is 0.478 e. The highest BCUT2D eigenvalue weighted by Crippen LogP contribution is 2.29. The molecule has 18 heavy (non-hydrogen) atoms. The van der Waals surface area contributed by atoms with Crippen molar-refractivity contribution >= 4 is 16.9 Å². The van der Waals surface area contributed by atoms with Gasteiger partial charge in [-0.05, 0) is 12.1 Å². The second kappa shape index (κ2) is 3.69. The number of carboxylic acid groups (broad SMARTS) is 1. The predicted octanol–water partition coefficient (Wildman–Crippen LogP) is 2.66. The topological polar surface area (TPSA) is 79.1 Å². The number of benzene rings is 1. The third-order valence-corrected chi connectivity index (χ3v) is 2.61. The molecule has 2 heterocycles. The first-order valence-electron chi connectivity index (χ1n) is 5.12. The number of carboxylic acids is 1. The van der Waals surface area contributed by atoms with Gasteiger partial charge in [-0.25, -0.2) is 9.18 Å². The summed E-state index contributed by atoms with van der Waals surface area (Å²) in [6, 6.07) is 6.09. The lowest BCUT2D eigenvalue weighted by Gasteiger charge is -1.93. The average molecular weight is 246 g/mol. The van der Waals surface area contributed by atoms with Crippen LogP contribution >= 0.6 is 0 Å². The molecule has 90 valence electrons. The lowest BCUT2D eigenvalue weighted by molar-refractivity contribution is 0.0697. The molecule has 0 fully saturated rings. The molecule has 0 bridgehead atoms. The molecule has 3 rings (SSSR count). The number of nitrogens with zero attached hydrogens (tertiary/aromatic N) is 1. The highest BCUT2D eigenvalue weighted by Gasteiger charge is 2.18. The molecule has 2 aromatic heterocycles. The lowest BCUT2D eigenvalue weighted by Crippen LogP contribution is -1.95. The highest BCUT2D eigenvalue weighted by atomic mass is 19.1. The first-order chi connectivity index (χ1) is 8.66. The normalized spacial score (nSPS) is 10.9. The first-order valence-corrected chi connectivity index (χ1v) is 5.12. The third kappa shape index (κ3) is 1.46. The Labute approximate surface area is 99.8 Å². The number of aromatic amines is 1. The highest BCUT2D eigenvalue weighted by molar-refractivity contribution is 5.95. The number of furan rings is 1. The minimum absolute atomic E-state index is 0.0190. The van der Waals surface area contributed by atoms with Gasteiger partial charge in [-0.2, -0.15) is 5.10 Å². The van der Waals surface area contributed by atoms with E-state index in [1.54, 1.807) is 18.2 Å². The van der Waals surface area contributed by atoms with Crippen LogP contribution in [0.5, 0.6) is 0 Å². The Morgan fingerprint density at radius 1 is 1.44 bits per heavy atom. The Kier molecular flexibility index (Phi) is 2.16. The van der Waals surface area contributed by atoms with Gasteiger partial charge in [-0.1, -0.05) is 12.1 Å². The van der Waals surface area contributed by atoms with E-state index >= 15 is 0 Å². The summed E-state index contributed by atoms with van der Waals surface area (Å²) in [6.07, 6.45) is 1.18. The van der Waals surface area contributed by atoms with Crippen molar-refractivity contribution in [3.63, 3.8) is 0 Å². The molecule has 0 atom stereocenters. The molecule has 0 amide bonds. The van der Waals surface area contributed by atoms with Gasteiger partial charge in [-0.15, -0.1) is 0 Å². The fraction of sp³-hybridized carbons (Fsp3) is 0. The Bertz CT molecular complexity index is 745. The van der Waals surface area contributed by atoms with Crippen LogP contribution in [0.3, 0.4) is 0 Å². The number of aromatic nitrogens is 2. The summed E-state index contributed by atoms with van der Waals surface area (Å²) in [5.74, 6) is -1.38. The number of halogens is 1. The fourth-order valence-electron chi connectivity index (χ4n) is 1.79. The standard InChI is InChI=1S/C12H7FN2O3/c13-8-3-1-2-6-4-9(18-11(6)8)10-7(12(16)17)5-14-15-10/h1-5H,(H,14,15)(H,16,17). The Balaban J connectivity index is 2.23. The zero-order chi connectivity index (χ0) is 12.7. The molecule has 5 nitrogen and oxygen atoms in total. The Morgan fingerprint density at radius 3 is 3.00 bits per heavy atom. The molecule has 3 aromatic rings. The summed E-state index contributed by atoms with van der Waals surface area (Å²) in [5, 5.41) is 15.7. The van der Waals surface area contributed by atoms with Gasteiger partial charge in [0.05, 0.1) is 6.20 Å². The number of nitrogens with one attached hydrogen (secondary N) is 1.